The molecule has 2 aromatic rings. The molecule has 0 aliphatic heterocycles. The number of amides is 1. The molecular formula is C16H19N3O3S. The van der Waals surface area contributed by atoms with E-state index >= 15 is 0 Å². The molecule has 0 bridgehead atoms. The van der Waals surface area contributed by atoms with Crippen molar-refractivity contribution in [3.63, 3.8) is 0 Å². The third kappa shape index (κ3) is 4.29. The molecular weight excluding hydrogens is 314 g/mol. The number of aromatic nitrogens is 1. The number of nitrogens with zero attached hydrogens (tertiary/aromatic N) is 1. The van der Waals surface area contributed by atoms with Crippen LogP contribution in [0.1, 0.15) is 39.4 Å². The summed E-state index contributed by atoms with van der Waals surface area (Å²) in [6.45, 7) is 5.86. The first-order chi connectivity index (χ1) is 10.9. The number of carbonyl (C=O) groups is 2. The summed E-state index contributed by atoms with van der Waals surface area (Å²) in [4.78, 5) is 28.6. The summed E-state index contributed by atoms with van der Waals surface area (Å²) in [5.74, 6) is -0.703. The van der Waals surface area contributed by atoms with Gasteiger partial charge in [-0.3, -0.25) is 4.79 Å². The highest BCUT2D eigenvalue weighted by atomic mass is 32.1. The summed E-state index contributed by atoms with van der Waals surface area (Å²) in [5.41, 5.74) is 1.82. The monoisotopic (exact) mass is 333 g/mol. The average molecular weight is 333 g/mol. The molecule has 6 nitrogen and oxygen atoms in total. The van der Waals surface area contributed by atoms with E-state index in [1.54, 1.807) is 18.2 Å². The summed E-state index contributed by atoms with van der Waals surface area (Å²) >= 11 is 1.28. The van der Waals surface area contributed by atoms with Crippen LogP contribution in [0.3, 0.4) is 0 Å². The lowest BCUT2D eigenvalue weighted by Crippen LogP contribution is -2.12. The lowest BCUT2D eigenvalue weighted by molar-refractivity contribution is 0.0600. The van der Waals surface area contributed by atoms with Crippen LogP contribution in [0.15, 0.2) is 24.4 Å². The number of methoxy groups -OCH3 is 1. The van der Waals surface area contributed by atoms with Crippen molar-refractivity contribution >= 4 is 34.0 Å². The first kappa shape index (κ1) is 17.0. The molecule has 7 heteroatoms. The number of benzene rings is 1. The molecule has 0 spiro atoms. The van der Waals surface area contributed by atoms with Gasteiger partial charge in [-0.1, -0.05) is 17.4 Å². The number of ether oxygens (including phenoxy) is 1. The lowest BCUT2D eigenvalue weighted by Gasteiger charge is -2.09. The van der Waals surface area contributed by atoms with Crippen LogP contribution in [0.4, 0.5) is 10.8 Å². The standard InChI is InChI=1S/C16H19N3O3S/c1-9(2)18-16-17-8-13(23-16)14(20)19-12-7-11(15(21)22-4)6-5-10(12)3/h5-9H,1-4H3,(H,17,18)(H,19,20). The van der Waals surface area contributed by atoms with E-state index in [-0.39, 0.29) is 11.9 Å². The minimum atomic E-state index is -0.443. The number of thiazole rings is 1. The molecule has 1 aromatic carbocycles. The van der Waals surface area contributed by atoms with E-state index in [1.165, 1.54) is 24.6 Å². The number of nitrogens with one attached hydrogen (secondary N) is 2. The van der Waals surface area contributed by atoms with E-state index in [1.807, 2.05) is 20.8 Å². The number of rotatable bonds is 5. The number of hydrogen-bond acceptors (Lipinski definition) is 6. The third-order valence-corrected chi connectivity index (χ3v) is 3.98. The molecule has 0 aliphatic rings. The van der Waals surface area contributed by atoms with Gasteiger partial charge < -0.3 is 15.4 Å². The zero-order valence-corrected chi connectivity index (χ0v) is 14.3. The van der Waals surface area contributed by atoms with Crippen molar-refractivity contribution in [2.24, 2.45) is 0 Å². The van der Waals surface area contributed by atoms with Crippen molar-refractivity contribution in [2.75, 3.05) is 17.7 Å². The molecule has 0 saturated carbocycles. The maximum atomic E-state index is 12.3. The van der Waals surface area contributed by atoms with Crippen molar-refractivity contribution in [2.45, 2.75) is 26.8 Å². The Labute approximate surface area is 138 Å². The van der Waals surface area contributed by atoms with Gasteiger partial charge in [0, 0.05) is 11.7 Å². The second-order valence-electron chi connectivity index (χ2n) is 5.30. The first-order valence-electron chi connectivity index (χ1n) is 7.13. The Hall–Kier alpha value is -2.41. The molecule has 0 radical (unpaired) electrons. The Morgan fingerprint density at radius 1 is 1.30 bits per heavy atom. The Morgan fingerprint density at radius 2 is 2.04 bits per heavy atom. The summed E-state index contributed by atoms with van der Waals surface area (Å²) in [6, 6.07) is 5.28. The summed E-state index contributed by atoms with van der Waals surface area (Å²) < 4.78 is 4.69. The van der Waals surface area contributed by atoms with Crippen LogP contribution in [-0.2, 0) is 4.74 Å². The van der Waals surface area contributed by atoms with Gasteiger partial charge in [0.2, 0.25) is 0 Å². The number of hydrogen-bond donors (Lipinski definition) is 2. The largest absolute Gasteiger partial charge is 0.465 e. The van der Waals surface area contributed by atoms with Crippen LogP contribution >= 0.6 is 11.3 Å². The number of carbonyl (C=O) groups excluding carboxylic acids is 2. The minimum Gasteiger partial charge on any atom is -0.465 e. The van der Waals surface area contributed by atoms with Gasteiger partial charge in [0.25, 0.3) is 5.91 Å². The summed E-state index contributed by atoms with van der Waals surface area (Å²) in [7, 11) is 1.32. The Kier molecular flexibility index (Phi) is 5.33. The molecule has 23 heavy (non-hydrogen) atoms. The molecule has 0 aliphatic carbocycles. The van der Waals surface area contributed by atoms with Gasteiger partial charge in [-0.15, -0.1) is 0 Å². The molecule has 1 aromatic heterocycles. The van der Waals surface area contributed by atoms with Crippen LogP contribution < -0.4 is 10.6 Å². The second kappa shape index (κ2) is 7.23. The predicted octanol–water partition coefficient (Wildman–Crippen LogP) is 3.31. The molecule has 122 valence electrons. The van der Waals surface area contributed by atoms with Gasteiger partial charge in [0.1, 0.15) is 4.88 Å². The predicted molar refractivity (Wildman–Crippen MR) is 91.3 cm³/mol. The van der Waals surface area contributed by atoms with Crippen LogP contribution in [0.5, 0.6) is 0 Å². The van der Waals surface area contributed by atoms with Crippen molar-refractivity contribution in [3.05, 3.63) is 40.4 Å². The SMILES string of the molecule is COC(=O)c1ccc(C)c(NC(=O)c2cnc(NC(C)C)s2)c1. The minimum absolute atomic E-state index is 0.246. The quantitative estimate of drug-likeness (QED) is 0.821. The Bertz CT molecular complexity index is 725. The third-order valence-electron chi connectivity index (χ3n) is 3.05. The molecule has 2 rings (SSSR count). The topological polar surface area (TPSA) is 80.3 Å². The zero-order valence-electron chi connectivity index (χ0n) is 13.5. The first-order valence-corrected chi connectivity index (χ1v) is 7.95. The van der Waals surface area contributed by atoms with Crippen molar-refractivity contribution in [3.8, 4) is 0 Å². The van der Waals surface area contributed by atoms with Gasteiger partial charge in [0.05, 0.1) is 18.9 Å². The van der Waals surface area contributed by atoms with Crippen LogP contribution in [-0.4, -0.2) is 30.0 Å². The van der Waals surface area contributed by atoms with Gasteiger partial charge in [-0.2, -0.15) is 0 Å². The molecule has 1 heterocycles. The van der Waals surface area contributed by atoms with Gasteiger partial charge >= 0.3 is 5.97 Å². The fourth-order valence-corrected chi connectivity index (χ4v) is 2.74. The maximum Gasteiger partial charge on any atom is 0.337 e. The normalized spacial score (nSPS) is 10.5. The molecule has 2 N–H and O–H groups in total. The van der Waals surface area contributed by atoms with E-state index in [0.29, 0.717) is 21.3 Å². The molecule has 0 atom stereocenters. The fourth-order valence-electron chi connectivity index (χ4n) is 1.88. The van der Waals surface area contributed by atoms with Gasteiger partial charge in [-0.05, 0) is 38.5 Å². The van der Waals surface area contributed by atoms with Crippen LogP contribution in [0.25, 0.3) is 0 Å². The van der Waals surface area contributed by atoms with Gasteiger partial charge in [-0.25, -0.2) is 9.78 Å². The molecule has 0 fully saturated rings. The van der Waals surface area contributed by atoms with E-state index < -0.39 is 5.97 Å². The Morgan fingerprint density at radius 3 is 2.70 bits per heavy atom. The smallest absolute Gasteiger partial charge is 0.337 e. The lowest BCUT2D eigenvalue weighted by atomic mass is 10.1. The number of aryl methyl sites for hydroxylation is 1. The number of anilines is 2. The zero-order chi connectivity index (χ0) is 17.0. The second-order valence-corrected chi connectivity index (χ2v) is 6.33. The summed E-state index contributed by atoms with van der Waals surface area (Å²) in [6.07, 6.45) is 1.53. The Balaban J connectivity index is 2.16. The van der Waals surface area contributed by atoms with Gasteiger partial charge in [0.15, 0.2) is 5.13 Å². The highest BCUT2D eigenvalue weighted by Crippen LogP contribution is 2.22. The van der Waals surface area contributed by atoms with Crippen molar-refractivity contribution in [1.29, 1.82) is 0 Å². The summed E-state index contributed by atoms with van der Waals surface area (Å²) in [5, 5.41) is 6.66. The molecule has 1 amide bonds. The molecule has 0 saturated heterocycles. The highest BCUT2D eigenvalue weighted by molar-refractivity contribution is 7.17. The molecule has 0 unspecified atom stereocenters. The maximum absolute atomic E-state index is 12.3. The van der Waals surface area contributed by atoms with Crippen molar-refractivity contribution in [1.82, 2.24) is 4.98 Å². The average Bonchev–Trinajstić information content (AvgIpc) is 2.96. The number of esters is 1. The van der Waals surface area contributed by atoms with E-state index in [0.717, 1.165) is 5.56 Å². The van der Waals surface area contributed by atoms with Crippen LogP contribution in [0, 0.1) is 6.92 Å². The van der Waals surface area contributed by atoms with E-state index in [9.17, 15) is 9.59 Å². The fraction of sp³-hybridized carbons (Fsp3) is 0.312. The van der Waals surface area contributed by atoms with E-state index in [4.69, 9.17) is 4.74 Å². The van der Waals surface area contributed by atoms with E-state index in [2.05, 4.69) is 15.6 Å². The van der Waals surface area contributed by atoms with Crippen LogP contribution in [0.2, 0.25) is 0 Å². The highest BCUT2D eigenvalue weighted by Gasteiger charge is 2.14. The van der Waals surface area contributed by atoms with Crippen molar-refractivity contribution < 1.29 is 14.3 Å².